The molecule has 0 radical (unpaired) electrons. The van der Waals surface area contributed by atoms with Crippen LogP contribution in [0.5, 0.6) is 0 Å². The van der Waals surface area contributed by atoms with Gasteiger partial charge in [-0.3, -0.25) is 19.2 Å². The number of hydrogen-bond acceptors (Lipinski definition) is 9. The Labute approximate surface area is 238 Å². The van der Waals surface area contributed by atoms with Crippen molar-refractivity contribution in [2.75, 3.05) is 61.9 Å². The van der Waals surface area contributed by atoms with Crippen LogP contribution in [0.3, 0.4) is 0 Å². The van der Waals surface area contributed by atoms with Crippen molar-refractivity contribution >= 4 is 38.3 Å². The molecule has 1 aromatic carbocycles. The summed E-state index contributed by atoms with van der Waals surface area (Å²) in [5.74, 6) is 0.207. The Hall–Kier alpha value is -3.90. The average Bonchev–Trinajstić information content (AvgIpc) is 3.42. The molecule has 0 spiro atoms. The highest BCUT2D eigenvalue weighted by molar-refractivity contribution is 7.91. The molecule has 2 fully saturated rings. The van der Waals surface area contributed by atoms with E-state index in [-0.39, 0.29) is 17.0 Å². The lowest BCUT2D eigenvalue weighted by atomic mass is 10.0. The number of fused-ring (bicyclic) bond motifs is 1. The van der Waals surface area contributed by atoms with Crippen LogP contribution in [0.15, 0.2) is 61.3 Å². The molecule has 2 aliphatic heterocycles. The standard InChI is InChI=1S/C29H32FN7O3S/c1-41(39,40)24-6-9-36(10-7-24)29-32-17-22(18-33-29)25-16-23(30)2-3-26(25)35-14-12-34(13-15-35)20-28(38)37-11-5-21-4-8-31-19-27(21)37/h2-5,8,11,16-19,24H,6-7,9-10,12-15,20H2,1H3. The van der Waals surface area contributed by atoms with Crippen LogP contribution in [-0.4, -0.2) is 96.1 Å². The van der Waals surface area contributed by atoms with Crippen LogP contribution in [0, 0.1) is 5.82 Å². The predicted octanol–water partition coefficient (Wildman–Crippen LogP) is 3.11. The lowest BCUT2D eigenvalue weighted by molar-refractivity contribution is 0.0849. The molecule has 0 atom stereocenters. The van der Waals surface area contributed by atoms with E-state index >= 15 is 0 Å². The summed E-state index contributed by atoms with van der Waals surface area (Å²) in [5.41, 5.74) is 3.12. The molecule has 214 valence electrons. The number of hydrogen-bond donors (Lipinski definition) is 0. The third-order valence-corrected chi connectivity index (χ3v) is 9.76. The van der Waals surface area contributed by atoms with E-state index in [0.717, 1.165) is 16.6 Å². The first-order valence-corrected chi connectivity index (χ1v) is 15.7. The van der Waals surface area contributed by atoms with Crippen LogP contribution in [0.25, 0.3) is 22.0 Å². The summed E-state index contributed by atoms with van der Waals surface area (Å²) >= 11 is 0. The van der Waals surface area contributed by atoms with Gasteiger partial charge in [0.15, 0.2) is 0 Å². The molecule has 5 heterocycles. The number of piperidine rings is 1. The number of aromatic nitrogens is 4. The zero-order chi connectivity index (χ0) is 28.6. The number of carbonyl (C=O) groups excluding carboxylic acids is 1. The molecule has 0 unspecified atom stereocenters. The van der Waals surface area contributed by atoms with Gasteiger partial charge in [0.1, 0.15) is 15.7 Å². The van der Waals surface area contributed by atoms with Crippen molar-refractivity contribution in [3.05, 3.63) is 67.1 Å². The quantitative estimate of drug-likeness (QED) is 0.342. The van der Waals surface area contributed by atoms with Crippen molar-refractivity contribution in [3.8, 4) is 11.1 Å². The second kappa shape index (κ2) is 11.2. The summed E-state index contributed by atoms with van der Waals surface area (Å²) < 4.78 is 39.8. The Balaban J connectivity index is 1.12. The van der Waals surface area contributed by atoms with E-state index < -0.39 is 9.84 Å². The van der Waals surface area contributed by atoms with Crippen molar-refractivity contribution in [1.29, 1.82) is 0 Å². The molecule has 4 aromatic rings. The topological polar surface area (TPSA) is 105 Å². The minimum atomic E-state index is -3.05. The summed E-state index contributed by atoms with van der Waals surface area (Å²) in [5, 5.41) is 0.660. The Morgan fingerprint density at radius 1 is 0.951 bits per heavy atom. The summed E-state index contributed by atoms with van der Waals surface area (Å²) in [6, 6.07) is 8.56. The predicted molar refractivity (Wildman–Crippen MR) is 157 cm³/mol. The SMILES string of the molecule is CS(=O)(=O)C1CCN(c2ncc(-c3cc(F)ccc3N3CCN(CC(=O)n4ccc5ccncc54)CC3)cn2)CC1. The number of benzene rings is 1. The Morgan fingerprint density at radius 3 is 2.39 bits per heavy atom. The highest BCUT2D eigenvalue weighted by Crippen LogP contribution is 2.32. The molecule has 0 aliphatic carbocycles. The molecular formula is C29H32FN7O3S. The molecule has 12 heteroatoms. The zero-order valence-corrected chi connectivity index (χ0v) is 23.7. The molecule has 0 bridgehead atoms. The number of carbonyl (C=O) groups is 1. The van der Waals surface area contributed by atoms with E-state index in [4.69, 9.17) is 0 Å². The number of anilines is 2. The fourth-order valence-electron chi connectivity index (χ4n) is 5.73. The van der Waals surface area contributed by atoms with Crippen molar-refractivity contribution in [2.24, 2.45) is 0 Å². The molecule has 2 saturated heterocycles. The van der Waals surface area contributed by atoms with Crippen LogP contribution in [0.2, 0.25) is 0 Å². The van der Waals surface area contributed by atoms with Crippen LogP contribution in [-0.2, 0) is 9.84 Å². The minimum absolute atomic E-state index is 0.00158. The maximum atomic E-state index is 14.4. The smallest absolute Gasteiger partial charge is 0.245 e. The fraction of sp³-hybridized carbons (Fsp3) is 0.379. The lowest BCUT2D eigenvalue weighted by Crippen LogP contribution is -2.48. The number of sulfone groups is 1. The van der Waals surface area contributed by atoms with Gasteiger partial charge in [-0.1, -0.05) is 0 Å². The normalized spacial score (nSPS) is 17.3. The largest absolute Gasteiger partial charge is 0.368 e. The maximum absolute atomic E-state index is 14.4. The van der Waals surface area contributed by atoms with Gasteiger partial charge in [0.05, 0.1) is 23.5 Å². The maximum Gasteiger partial charge on any atom is 0.245 e. The van der Waals surface area contributed by atoms with E-state index in [1.807, 2.05) is 17.0 Å². The third-order valence-electron chi connectivity index (χ3n) is 8.07. The lowest BCUT2D eigenvalue weighted by Gasteiger charge is -2.36. The van der Waals surface area contributed by atoms with Crippen molar-refractivity contribution in [2.45, 2.75) is 18.1 Å². The second-order valence-electron chi connectivity index (χ2n) is 10.7. The number of pyridine rings is 1. The molecular weight excluding hydrogens is 545 g/mol. The van der Waals surface area contributed by atoms with Gasteiger partial charge in [0, 0.05) is 92.5 Å². The minimum Gasteiger partial charge on any atom is -0.368 e. The van der Waals surface area contributed by atoms with Gasteiger partial charge >= 0.3 is 0 Å². The molecule has 41 heavy (non-hydrogen) atoms. The first-order chi connectivity index (χ1) is 19.8. The molecule has 2 aliphatic rings. The van der Waals surface area contributed by atoms with Gasteiger partial charge in [-0.05, 0) is 43.2 Å². The van der Waals surface area contributed by atoms with E-state index in [1.54, 1.807) is 41.6 Å². The summed E-state index contributed by atoms with van der Waals surface area (Å²) in [4.78, 5) is 32.6. The van der Waals surface area contributed by atoms with Crippen molar-refractivity contribution in [3.63, 3.8) is 0 Å². The Morgan fingerprint density at radius 2 is 1.68 bits per heavy atom. The van der Waals surface area contributed by atoms with Crippen LogP contribution < -0.4 is 9.80 Å². The highest BCUT2D eigenvalue weighted by Gasteiger charge is 2.28. The Kier molecular flexibility index (Phi) is 7.43. The van der Waals surface area contributed by atoms with Crippen LogP contribution in [0.4, 0.5) is 16.0 Å². The third kappa shape index (κ3) is 5.80. The first-order valence-electron chi connectivity index (χ1n) is 13.7. The van der Waals surface area contributed by atoms with E-state index in [0.29, 0.717) is 75.7 Å². The Bertz CT molecular complexity index is 1660. The molecule has 10 nitrogen and oxygen atoms in total. The van der Waals surface area contributed by atoms with Crippen LogP contribution >= 0.6 is 0 Å². The van der Waals surface area contributed by atoms with E-state index in [9.17, 15) is 17.6 Å². The van der Waals surface area contributed by atoms with Crippen molar-refractivity contribution < 1.29 is 17.6 Å². The van der Waals surface area contributed by atoms with Gasteiger partial charge < -0.3 is 9.80 Å². The molecule has 6 rings (SSSR count). The van der Waals surface area contributed by atoms with Gasteiger partial charge in [-0.15, -0.1) is 0 Å². The van der Waals surface area contributed by atoms with Gasteiger partial charge in [0.2, 0.25) is 11.9 Å². The van der Waals surface area contributed by atoms with E-state index in [2.05, 4.69) is 24.8 Å². The highest BCUT2D eigenvalue weighted by atomic mass is 32.2. The molecule has 0 saturated carbocycles. The average molecular weight is 578 g/mol. The molecule has 3 aromatic heterocycles. The second-order valence-corrected chi connectivity index (χ2v) is 13.1. The van der Waals surface area contributed by atoms with E-state index in [1.165, 1.54) is 18.4 Å². The van der Waals surface area contributed by atoms with Gasteiger partial charge in [-0.2, -0.15) is 0 Å². The fourth-order valence-corrected chi connectivity index (χ4v) is 6.80. The molecule has 0 amide bonds. The van der Waals surface area contributed by atoms with Crippen molar-refractivity contribution in [1.82, 2.24) is 24.4 Å². The number of rotatable bonds is 6. The summed E-state index contributed by atoms with van der Waals surface area (Å²) in [7, 11) is -3.05. The molecule has 0 N–H and O–H groups in total. The number of halogens is 1. The monoisotopic (exact) mass is 577 g/mol. The van der Waals surface area contributed by atoms with Gasteiger partial charge in [-0.25, -0.2) is 22.8 Å². The summed E-state index contributed by atoms with van der Waals surface area (Å²) in [6.07, 6.45) is 11.0. The number of nitrogens with zero attached hydrogens (tertiary/aromatic N) is 7. The van der Waals surface area contributed by atoms with Gasteiger partial charge in [0.25, 0.3) is 0 Å². The first kappa shape index (κ1) is 27.3. The number of piperazine rings is 1. The van der Waals surface area contributed by atoms with Crippen LogP contribution in [0.1, 0.15) is 17.6 Å². The summed E-state index contributed by atoms with van der Waals surface area (Å²) in [6.45, 7) is 4.22. The zero-order valence-electron chi connectivity index (χ0n) is 22.9.